The van der Waals surface area contributed by atoms with Gasteiger partial charge in [-0.3, -0.25) is 4.57 Å². The van der Waals surface area contributed by atoms with E-state index in [1.807, 2.05) is 0 Å². The van der Waals surface area contributed by atoms with E-state index < -0.39 is 4.92 Å². The van der Waals surface area contributed by atoms with Crippen LogP contribution in [0.4, 0.5) is 11.6 Å². The van der Waals surface area contributed by atoms with Crippen molar-refractivity contribution in [2.24, 2.45) is 7.05 Å². The molecule has 0 fully saturated rings. The van der Waals surface area contributed by atoms with Crippen molar-refractivity contribution in [3.63, 3.8) is 0 Å². The summed E-state index contributed by atoms with van der Waals surface area (Å²) >= 11 is 1.60. The molecule has 1 aromatic heterocycles. The summed E-state index contributed by atoms with van der Waals surface area (Å²) in [5.74, 6) is 4.88. The Kier molecular flexibility index (Phi) is 4.84. The Bertz CT molecular complexity index is 450. The lowest BCUT2D eigenvalue weighted by molar-refractivity contribution is -0.388. The Hall–Kier alpha value is -1.68. The first-order chi connectivity index (χ1) is 8.07. The molecule has 0 aliphatic heterocycles. The highest BCUT2D eigenvalue weighted by Gasteiger charge is 2.22. The van der Waals surface area contributed by atoms with Crippen molar-refractivity contribution >= 4 is 23.4 Å². The number of nitrogens with zero attached hydrogens (tertiary/aromatic N) is 3. The Morgan fingerprint density at radius 1 is 1.71 bits per heavy atom. The zero-order valence-electron chi connectivity index (χ0n) is 9.77. The van der Waals surface area contributed by atoms with E-state index in [0.717, 1.165) is 5.75 Å². The molecule has 0 atom stereocenters. The van der Waals surface area contributed by atoms with E-state index >= 15 is 0 Å². The summed E-state index contributed by atoms with van der Waals surface area (Å²) in [5.41, 5.74) is 0. The molecule has 0 aliphatic carbocycles. The molecule has 17 heavy (non-hydrogen) atoms. The van der Waals surface area contributed by atoms with Crippen LogP contribution >= 0.6 is 11.8 Å². The van der Waals surface area contributed by atoms with Gasteiger partial charge in [0, 0.05) is 26.3 Å². The number of hydrogen-bond donors (Lipinski definition) is 1. The van der Waals surface area contributed by atoms with Gasteiger partial charge in [0.15, 0.2) is 0 Å². The van der Waals surface area contributed by atoms with Crippen LogP contribution in [0.15, 0.2) is 0 Å². The van der Waals surface area contributed by atoms with Gasteiger partial charge in [0.05, 0.1) is 5.75 Å². The Morgan fingerprint density at radius 3 is 3.00 bits per heavy atom. The van der Waals surface area contributed by atoms with Gasteiger partial charge in [0.25, 0.3) is 0 Å². The largest absolute Gasteiger partial charge is 0.406 e. The van der Waals surface area contributed by atoms with Crippen molar-refractivity contribution < 1.29 is 4.92 Å². The SMILES string of the molecule is C#CCSCCNc1c([N+](=O)[O-])nc(C)n1C. The topological polar surface area (TPSA) is 73.0 Å². The van der Waals surface area contributed by atoms with Gasteiger partial charge >= 0.3 is 5.82 Å². The van der Waals surface area contributed by atoms with E-state index in [2.05, 4.69) is 16.2 Å². The van der Waals surface area contributed by atoms with E-state index in [1.165, 1.54) is 0 Å². The molecule has 0 radical (unpaired) electrons. The summed E-state index contributed by atoms with van der Waals surface area (Å²) in [6, 6.07) is 0. The number of aromatic nitrogens is 2. The van der Waals surface area contributed by atoms with E-state index in [-0.39, 0.29) is 5.82 Å². The fourth-order valence-electron chi connectivity index (χ4n) is 1.29. The number of nitro groups is 1. The first-order valence-electron chi connectivity index (χ1n) is 5.00. The second kappa shape index (κ2) is 6.15. The maximum atomic E-state index is 10.8. The van der Waals surface area contributed by atoms with Gasteiger partial charge in [0.2, 0.25) is 11.6 Å². The zero-order chi connectivity index (χ0) is 12.8. The van der Waals surface area contributed by atoms with Gasteiger partial charge in [-0.05, 0) is 9.91 Å². The molecular formula is C10H14N4O2S. The fourth-order valence-corrected chi connectivity index (χ4v) is 1.80. The van der Waals surface area contributed by atoms with Gasteiger partial charge in [-0.2, -0.15) is 0 Å². The van der Waals surface area contributed by atoms with Crippen LogP contribution in [0.25, 0.3) is 0 Å². The highest BCUT2D eigenvalue weighted by atomic mass is 32.2. The Labute approximate surface area is 104 Å². The number of aryl methyl sites for hydroxylation is 1. The molecule has 0 aromatic carbocycles. The minimum atomic E-state index is -0.482. The van der Waals surface area contributed by atoms with Crippen LogP contribution in [-0.4, -0.2) is 32.5 Å². The fraction of sp³-hybridized carbons (Fsp3) is 0.500. The molecule has 1 N–H and O–H groups in total. The van der Waals surface area contributed by atoms with Crippen LogP contribution < -0.4 is 5.32 Å². The van der Waals surface area contributed by atoms with Crippen molar-refractivity contribution in [3.8, 4) is 12.3 Å². The van der Waals surface area contributed by atoms with Crippen LogP contribution in [0.5, 0.6) is 0 Å². The molecule has 0 bridgehead atoms. The highest BCUT2D eigenvalue weighted by Crippen LogP contribution is 2.23. The molecule has 92 valence electrons. The minimum Gasteiger partial charge on any atom is -0.363 e. The molecule has 6 nitrogen and oxygen atoms in total. The lowest BCUT2D eigenvalue weighted by atomic mass is 10.6. The van der Waals surface area contributed by atoms with Crippen molar-refractivity contribution in [1.29, 1.82) is 0 Å². The van der Waals surface area contributed by atoms with Crippen LogP contribution in [0.2, 0.25) is 0 Å². The third kappa shape index (κ3) is 3.39. The third-order valence-electron chi connectivity index (χ3n) is 2.20. The predicted molar refractivity (Wildman–Crippen MR) is 69.2 cm³/mol. The summed E-state index contributed by atoms with van der Waals surface area (Å²) in [5, 5.41) is 13.8. The van der Waals surface area contributed by atoms with Crippen LogP contribution in [-0.2, 0) is 7.05 Å². The summed E-state index contributed by atoms with van der Waals surface area (Å²) in [6.07, 6.45) is 5.12. The number of thioether (sulfide) groups is 1. The molecular weight excluding hydrogens is 240 g/mol. The summed E-state index contributed by atoms with van der Waals surface area (Å²) in [6.45, 7) is 2.34. The van der Waals surface area contributed by atoms with Gasteiger partial charge in [-0.25, -0.2) is 0 Å². The number of hydrogen-bond acceptors (Lipinski definition) is 5. The molecule has 0 unspecified atom stereocenters. The first-order valence-corrected chi connectivity index (χ1v) is 6.16. The predicted octanol–water partition coefficient (Wildman–Crippen LogP) is 1.42. The molecule has 7 heteroatoms. The van der Waals surface area contributed by atoms with E-state index in [0.29, 0.717) is 23.9 Å². The molecule has 0 saturated heterocycles. The third-order valence-corrected chi connectivity index (χ3v) is 3.06. The first kappa shape index (κ1) is 13.4. The van der Waals surface area contributed by atoms with Crippen molar-refractivity contribution in [3.05, 3.63) is 15.9 Å². The molecule has 0 saturated carbocycles. The molecule has 1 heterocycles. The average Bonchev–Trinajstić information content (AvgIpc) is 2.57. The zero-order valence-corrected chi connectivity index (χ0v) is 10.6. The normalized spacial score (nSPS) is 9.94. The molecule has 0 aliphatic rings. The van der Waals surface area contributed by atoms with Gasteiger partial charge in [-0.15, -0.1) is 18.2 Å². The Morgan fingerprint density at radius 2 is 2.41 bits per heavy atom. The van der Waals surface area contributed by atoms with Crippen LogP contribution in [0.3, 0.4) is 0 Å². The lowest BCUT2D eigenvalue weighted by Gasteiger charge is -2.05. The summed E-state index contributed by atoms with van der Waals surface area (Å²) < 4.78 is 1.67. The minimum absolute atomic E-state index is 0.132. The van der Waals surface area contributed by atoms with E-state index in [4.69, 9.17) is 6.42 Å². The number of nitrogens with one attached hydrogen (secondary N) is 1. The smallest absolute Gasteiger partial charge is 0.363 e. The second-order valence-corrected chi connectivity index (χ2v) is 4.44. The quantitative estimate of drug-likeness (QED) is 0.360. The van der Waals surface area contributed by atoms with Crippen molar-refractivity contribution in [2.75, 3.05) is 23.4 Å². The average molecular weight is 254 g/mol. The maximum absolute atomic E-state index is 10.8. The molecule has 1 aromatic rings. The van der Waals surface area contributed by atoms with E-state index in [9.17, 15) is 10.1 Å². The van der Waals surface area contributed by atoms with Crippen LogP contribution in [0.1, 0.15) is 5.82 Å². The molecule has 0 amide bonds. The monoisotopic (exact) mass is 254 g/mol. The number of terminal acetylenes is 1. The number of rotatable bonds is 6. The van der Waals surface area contributed by atoms with Crippen molar-refractivity contribution in [2.45, 2.75) is 6.92 Å². The van der Waals surface area contributed by atoms with Gasteiger partial charge in [0.1, 0.15) is 0 Å². The lowest BCUT2D eigenvalue weighted by Crippen LogP contribution is -2.09. The molecule has 1 rings (SSSR count). The van der Waals surface area contributed by atoms with E-state index in [1.54, 1.807) is 30.3 Å². The summed E-state index contributed by atoms with van der Waals surface area (Å²) in [7, 11) is 1.74. The van der Waals surface area contributed by atoms with Crippen molar-refractivity contribution in [1.82, 2.24) is 9.55 Å². The number of imidazole rings is 1. The Balaban J connectivity index is 2.64. The second-order valence-electron chi connectivity index (χ2n) is 3.33. The number of anilines is 1. The standard InChI is InChI=1S/C10H14N4O2S/c1-4-6-17-7-5-11-9-10(14(15)16)12-8(2)13(9)3/h1,11H,5-7H2,2-3H3. The van der Waals surface area contributed by atoms with Gasteiger partial charge < -0.3 is 15.4 Å². The highest BCUT2D eigenvalue weighted by molar-refractivity contribution is 7.99. The summed E-state index contributed by atoms with van der Waals surface area (Å²) in [4.78, 5) is 14.2. The van der Waals surface area contributed by atoms with Crippen LogP contribution in [0, 0.1) is 29.4 Å². The van der Waals surface area contributed by atoms with Gasteiger partial charge in [-0.1, -0.05) is 5.92 Å². The maximum Gasteiger partial charge on any atom is 0.406 e. The molecule has 0 spiro atoms.